The van der Waals surface area contributed by atoms with E-state index < -0.39 is 29.2 Å². The van der Waals surface area contributed by atoms with Gasteiger partial charge < -0.3 is 14.2 Å². The smallest absolute Gasteiger partial charge is 0.416 e. The van der Waals surface area contributed by atoms with Crippen LogP contribution in [0.1, 0.15) is 18.4 Å². The van der Waals surface area contributed by atoms with Gasteiger partial charge in [-0.15, -0.1) is 0 Å². The summed E-state index contributed by atoms with van der Waals surface area (Å²) in [5, 5.41) is 3.93. The molecule has 0 bridgehead atoms. The summed E-state index contributed by atoms with van der Waals surface area (Å²) >= 11 is 0. The minimum atomic E-state index is -1.38. The third kappa shape index (κ3) is 1.90. The van der Waals surface area contributed by atoms with E-state index in [2.05, 4.69) is 10.0 Å². The summed E-state index contributed by atoms with van der Waals surface area (Å²) < 4.78 is 16.2. The van der Waals surface area contributed by atoms with Gasteiger partial charge in [0.15, 0.2) is 5.72 Å². The molecule has 1 amide bonds. The van der Waals surface area contributed by atoms with Gasteiger partial charge in [-0.1, -0.05) is 29.4 Å². The van der Waals surface area contributed by atoms with Crippen LogP contribution in [0.15, 0.2) is 41.0 Å². The molecule has 3 atom stereocenters. The van der Waals surface area contributed by atoms with Crippen molar-refractivity contribution in [3.05, 3.63) is 51.9 Å². The normalized spacial score (nSPS) is 30.4. The molecule has 1 aromatic rings. The number of ether oxygens (including phenoxy) is 3. The van der Waals surface area contributed by atoms with Crippen LogP contribution >= 0.6 is 0 Å². The first-order valence-corrected chi connectivity index (χ1v) is 8.53. The highest BCUT2D eigenvalue weighted by atomic mass is 16.6. The van der Waals surface area contributed by atoms with Gasteiger partial charge in [-0.05, 0) is 30.0 Å². The Morgan fingerprint density at radius 1 is 1.33 bits per heavy atom. The van der Waals surface area contributed by atoms with Gasteiger partial charge in [0.05, 0.1) is 38.0 Å². The molecule has 2 aliphatic heterocycles. The van der Waals surface area contributed by atoms with Crippen molar-refractivity contribution in [3.63, 3.8) is 0 Å². The number of hydrogen-bond donors (Lipinski definition) is 0. The van der Waals surface area contributed by atoms with Crippen LogP contribution in [0.4, 0.5) is 10.5 Å². The molecule has 1 aromatic carbocycles. The average Bonchev–Trinajstić information content (AvgIpc) is 3.20. The number of methoxy groups -OCH3 is 2. The van der Waals surface area contributed by atoms with Crippen molar-refractivity contribution in [2.24, 2.45) is 5.11 Å². The Hall–Kier alpha value is -3.03. The Morgan fingerprint density at radius 3 is 2.81 bits per heavy atom. The van der Waals surface area contributed by atoms with E-state index in [-0.39, 0.29) is 13.0 Å². The van der Waals surface area contributed by atoms with Crippen LogP contribution in [0, 0.1) is 0 Å². The molecule has 2 heterocycles. The number of hydrogen-bond acceptors (Lipinski definition) is 6. The molecule has 0 saturated carbocycles. The summed E-state index contributed by atoms with van der Waals surface area (Å²) in [5.41, 5.74) is 8.48. The van der Waals surface area contributed by atoms with Gasteiger partial charge >= 0.3 is 12.1 Å². The number of carbonyl (C=O) groups is 2. The molecule has 0 unspecified atom stereocenters. The van der Waals surface area contributed by atoms with E-state index >= 15 is 0 Å². The Bertz CT molecular complexity index is 909. The standard InChI is InChI=1S/C18H18N4O5/c1-25-15(23)12-7-8-14(20-21-19)18-17(12,9-10-27-18)11-5-3-4-6-13(11)22(18)16(24)26-2/h3-7,14H,8-10H2,1-2H3/t14-,17-,18-/m0/s1. The van der Waals surface area contributed by atoms with Crippen molar-refractivity contribution in [3.8, 4) is 0 Å². The monoisotopic (exact) mass is 370 g/mol. The largest absolute Gasteiger partial charge is 0.466 e. The lowest BCUT2D eigenvalue weighted by Gasteiger charge is -2.49. The van der Waals surface area contributed by atoms with Crippen LogP contribution in [0.3, 0.4) is 0 Å². The predicted molar refractivity (Wildman–Crippen MR) is 94.0 cm³/mol. The van der Waals surface area contributed by atoms with Crippen LogP contribution in [0.5, 0.6) is 0 Å². The molecule has 1 fully saturated rings. The van der Waals surface area contributed by atoms with E-state index in [0.29, 0.717) is 17.7 Å². The van der Waals surface area contributed by atoms with Crippen molar-refractivity contribution in [2.45, 2.75) is 30.0 Å². The fraction of sp³-hybridized carbons (Fsp3) is 0.444. The zero-order valence-corrected chi connectivity index (χ0v) is 14.9. The number of azide groups is 1. The Labute approximate surface area is 155 Å². The van der Waals surface area contributed by atoms with Gasteiger partial charge in [0.25, 0.3) is 0 Å². The molecule has 9 nitrogen and oxygen atoms in total. The van der Waals surface area contributed by atoms with Crippen molar-refractivity contribution < 1.29 is 23.8 Å². The number of para-hydroxylation sites is 1. The van der Waals surface area contributed by atoms with E-state index in [1.807, 2.05) is 12.1 Å². The zero-order chi connectivity index (χ0) is 19.2. The number of nitrogens with zero attached hydrogens (tertiary/aromatic N) is 4. The predicted octanol–water partition coefficient (Wildman–Crippen LogP) is 2.81. The third-order valence-electron chi connectivity index (χ3n) is 5.76. The first-order chi connectivity index (χ1) is 13.1. The lowest BCUT2D eigenvalue weighted by atomic mass is 9.62. The topological polar surface area (TPSA) is 114 Å². The second-order valence-corrected chi connectivity index (χ2v) is 6.59. The third-order valence-corrected chi connectivity index (χ3v) is 5.76. The van der Waals surface area contributed by atoms with E-state index in [1.54, 1.807) is 18.2 Å². The zero-order valence-electron chi connectivity index (χ0n) is 14.9. The summed E-state index contributed by atoms with van der Waals surface area (Å²) in [6, 6.07) is 6.52. The van der Waals surface area contributed by atoms with E-state index in [1.165, 1.54) is 19.1 Å². The molecule has 0 aromatic heterocycles. The number of esters is 1. The highest BCUT2D eigenvalue weighted by Gasteiger charge is 2.74. The van der Waals surface area contributed by atoms with Crippen LogP contribution in [-0.4, -0.2) is 44.7 Å². The van der Waals surface area contributed by atoms with E-state index in [4.69, 9.17) is 19.7 Å². The summed E-state index contributed by atoms with van der Waals surface area (Å²) in [7, 11) is 2.59. The summed E-state index contributed by atoms with van der Waals surface area (Å²) in [4.78, 5) is 29.9. The van der Waals surface area contributed by atoms with Crippen LogP contribution in [0.2, 0.25) is 0 Å². The molecular weight excluding hydrogens is 352 g/mol. The molecule has 0 spiro atoms. The summed E-state index contributed by atoms with van der Waals surface area (Å²) in [6.45, 7) is 0.285. The SMILES string of the molecule is COC(=O)C1=CC[C@H](N=[N+]=[N-])[C@]23OCC[C@]12c1ccccc1N3C(=O)OC. The molecule has 9 heteroatoms. The highest BCUT2D eigenvalue weighted by molar-refractivity contribution is 6.00. The maximum Gasteiger partial charge on any atom is 0.416 e. The second kappa shape index (κ2) is 6.00. The molecule has 4 rings (SSSR count). The van der Waals surface area contributed by atoms with Crippen molar-refractivity contribution in [1.82, 2.24) is 0 Å². The highest BCUT2D eigenvalue weighted by Crippen LogP contribution is 2.65. The van der Waals surface area contributed by atoms with Gasteiger partial charge in [-0.25, -0.2) is 14.5 Å². The Kier molecular flexibility index (Phi) is 3.87. The number of fused-ring (bicyclic) bond motifs is 1. The second-order valence-electron chi connectivity index (χ2n) is 6.59. The van der Waals surface area contributed by atoms with Crippen LogP contribution in [-0.2, 0) is 24.4 Å². The van der Waals surface area contributed by atoms with Gasteiger partial charge in [0.1, 0.15) is 0 Å². The lowest BCUT2D eigenvalue weighted by molar-refractivity contribution is -0.138. The van der Waals surface area contributed by atoms with E-state index in [0.717, 1.165) is 5.56 Å². The van der Waals surface area contributed by atoms with Crippen molar-refractivity contribution in [2.75, 3.05) is 25.7 Å². The number of carbonyl (C=O) groups excluding carboxylic acids is 2. The number of benzene rings is 1. The molecular formula is C18H18N4O5. The van der Waals surface area contributed by atoms with Crippen molar-refractivity contribution >= 4 is 17.7 Å². The van der Waals surface area contributed by atoms with Gasteiger partial charge in [-0.3, -0.25) is 0 Å². The maximum absolute atomic E-state index is 12.8. The maximum atomic E-state index is 12.8. The molecule has 0 N–H and O–H groups in total. The molecule has 140 valence electrons. The number of rotatable bonds is 2. The summed E-state index contributed by atoms with van der Waals surface area (Å²) in [6.07, 6.45) is 1.76. The first kappa shape index (κ1) is 17.4. The van der Waals surface area contributed by atoms with Crippen LogP contribution < -0.4 is 4.90 Å². The lowest BCUT2D eigenvalue weighted by Crippen LogP contribution is -2.66. The van der Waals surface area contributed by atoms with Crippen molar-refractivity contribution in [1.29, 1.82) is 0 Å². The quantitative estimate of drug-likeness (QED) is 0.344. The molecule has 3 aliphatic rings. The first-order valence-electron chi connectivity index (χ1n) is 8.53. The molecule has 0 radical (unpaired) electrons. The fourth-order valence-corrected chi connectivity index (χ4v) is 4.90. The molecule has 1 aliphatic carbocycles. The van der Waals surface area contributed by atoms with Crippen LogP contribution in [0.25, 0.3) is 10.4 Å². The molecule has 1 saturated heterocycles. The average molecular weight is 370 g/mol. The minimum Gasteiger partial charge on any atom is -0.466 e. The number of amides is 1. The van der Waals surface area contributed by atoms with Gasteiger partial charge in [0.2, 0.25) is 0 Å². The molecule has 27 heavy (non-hydrogen) atoms. The van der Waals surface area contributed by atoms with E-state index in [9.17, 15) is 9.59 Å². The van der Waals surface area contributed by atoms with Gasteiger partial charge in [-0.2, -0.15) is 0 Å². The van der Waals surface area contributed by atoms with Gasteiger partial charge in [0, 0.05) is 10.5 Å². The Morgan fingerprint density at radius 2 is 2.11 bits per heavy atom. The minimum absolute atomic E-state index is 0.234. The Balaban J connectivity index is 2.09. The summed E-state index contributed by atoms with van der Waals surface area (Å²) in [5.74, 6) is -0.495. The fourth-order valence-electron chi connectivity index (χ4n) is 4.90. The number of anilines is 1.